The number of imide groups is 2. The van der Waals surface area contributed by atoms with Gasteiger partial charge in [-0.1, -0.05) is 18.2 Å². The zero-order valence-corrected chi connectivity index (χ0v) is 38.5. The first kappa shape index (κ1) is 50.9. The molecule has 4 aromatic rings. The fourth-order valence-corrected chi connectivity index (χ4v) is 8.46. The number of hydrogen-bond acceptors (Lipinski definition) is 13. The molecule has 3 aromatic carbocycles. The van der Waals surface area contributed by atoms with Crippen molar-refractivity contribution in [3.63, 3.8) is 0 Å². The summed E-state index contributed by atoms with van der Waals surface area (Å²) in [7, 11) is 1.98. The second-order valence-corrected chi connectivity index (χ2v) is 17.0. The molecule has 0 radical (unpaired) electrons. The van der Waals surface area contributed by atoms with Crippen molar-refractivity contribution in [1.82, 2.24) is 25.4 Å². The van der Waals surface area contributed by atoms with Gasteiger partial charge in [-0.25, -0.2) is 4.39 Å². The summed E-state index contributed by atoms with van der Waals surface area (Å²) < 4.78 is 74.1. The summed E-state index contributed by atoms with van der Waals surface area (Å²) in [6.07, 6.45) is -4.21. The van der Waals surface area contributed by atoms with Crippen LogP contribution in [-0.4, -0.2) is 141 Å². The van der Waals surface area contributed by atoms with Crippen LogP contribution in [0.1, 0.15) is 73.7 Å². The molecule has 7 rings (SSSR count). The third kappa shape index (κ3) is 11.7. The second-order valence-electron chi connectivity index (χ2n) is 17.0. The van der Waals surface area contributed by atoms with Crippen molar-refractivity contribution in [3.05, 3.63) is 111 Å². The number of rotatable bonds is 19. The molecule has 3 atom stereocenters. The van der Waals surface area contributed by atoms with E-state index in [4.69, 9.17) is 14.2 Å². The van der Waals surface area contributed by atoms with Crippen LogP contribution in [0.5, 0.6) is 0 Å². The number of ether oxygens (including phenoxy) is 3. The van der Waals surface area contributed by atoms with Gasteiger partial charge in [0.1, 0.15) is 11.9 Å². The fraction of sp³-hybridized carbons (Fsp3) is 0.396. The molecule has 2 saturated heterocycles. The molecule has 0 bridgehead atoms. The number of likely N-dealkylation sites (N-methyl/N-ethyl adjacent to an activating group) is 1. The number of H-pyrrole nitrogens is 1. The first-order valence-corrected chi connectivity index (χ1v) is 22.5. The minimum absolute atomic E-state index is 0.0227. The number of halogens is 4. The number of fused-ring (bicyclic) bond motifs is 1. The molecule has 2 unspecified atom stereocenters. The lowest BCUT2D eigenvalue weighted by atomic mass is 10.00. The summed E-state index contributed by atoms with van der Waals surface area (Å²) >= 11 is 0. The van der Waals surface area contributed by atoms with Crippen LogP contribution in [-0.2, 0) is 30.0 Å². The van der Waals surface area contributed by atoms with Gasteiger partial charge < -0.3 is 40.0 Å². The highest BCUT2D eigenvalue weighted by atomic mass is 19.4. The zero-order chi connectivity index (χ0) is 50.3. The van der Waals surface area contributed by atoms with E-state index in [1.165, 1.54) is 24.3 Å². The minimum Gasteiger partial charge on any atom is -0.382 e. The quantitative estimate of drug-likeness (QED) is 0.0504. The summed E-state index contributed by atoms with van der Waals surface area (Å²) in [5.74, 6) is -4.81. The molecule has 3 aliphatic rings. The van der Waals surface area contributed by atoms with Gasteiger partial charge in [0.2, 0.25) is 17.4 Å². The van der Waals surface area contributed by atoms with Crippen LogP contribution < -0.4 is 31.7 Å². The van der Waals surface area contributed by atoms with E-state index >= 15 is 4.39 Å². The van der Waals surface area contributed by atoms with Gasteiger partial charge in [-0.15, -0.1) is 0 Å². The highest BCUT2D eigenvalue weighted by molar-refractivity contribution is 6.25. The van der Waals surface area contributed by atoms with Gasteiger partial charge in [-0.05, 0) is 69.3 Å². The van der Waals surface area contributed by atoms with E-state index in [2.05, 4.69) is 31.2 Å². The number of aromatic nitrogens is 1. The van der Waals surface area contributed by atoms with Crippen molar-refractivity contribution in [1.29, 1.82) is 0 Å². The van der Waals surface area contributed by atoms with Crippen molar-refractivity contribution in [2.45, 2.75) is 51.0 Å². The van der Waals surface area contributed by atoms with Gasteiger partial charge in [0.25, 0.3) is 23.6 Å². The Bertz CT molecular complexity index is 2700. The maximum absolute atomic E-state index is 15.7. The largest absolute Gasteiger partial charge is 0.417 e. The van der Waals surface area contributed by atoms with E-state index in [1.807, 2.05) is 25.8 Å². The molecule has 0 saturated carbocycles. The molecule has 2 fully saturated rings. The number of amides is 6. The number of pyridine rings is 1. The molecule has 18 nitrogen and oxygen atoms in total. The molecule has 6 amide bonds. The molecule has 0 aliphatic carbocycles. The van der Waals surface area contributed by atoms with Gasteiger partial charge in [0.05, 0.1) is 73.3 Å². The molecular weight excluding hydrogens is 925 g/mol. The first-order valence-electron chi connectivity index (χ1n) is 22.5. The number of piperidine rings is 1. The molecule has 3 aliphatic heterocycles. The summed E-state index contributed by atoms with van der Waals surface area (Å²) in [6.45, 7) is 6.84. The van der Waals surface area contributed by atoms with Crippen molar-refractivity contribution in [2.24, 2.45) is 0 Å². The van der Waals surface area contributed by atoms with Crippen molar-refractivity contribution in [3.8, 4) is 11.1 Å². The summed E-state index contributed by atoms with van der Waals surface area (Å²) in [6, 6.07) is 12.8. The van der Waals surface area contributed by atoms with Crippen molar-refractivity contribution < 1.29 is 60.5 Å². The SMILES string of the molecule is CC1CN(c2ccc(-c3ccc(C(=O)NCCOCCOCCOCCNc4cccc5c4C(=O)N(C4CCC(=O)NC4=O)C5=O)cc3F)cc2NC(=O)c2c[nH]c(=O)cc2C(F)(F)F)C[C@H](C)N1C. The van der Waals surface area contributed by atoms with Gasteiger partial charge in [0.15, 0.2) is 0 Å². The predicted octanol–water partition coefficient (Wildman–Crippen LogP) is 4.27. The van der Waals surface area contributed by atoms with Crippen LogP contribution in [0, 0.1) is 5.82 Å². The topological polar surface area (TPSA) is 221 Å². The number of nitrogens with zero attached hydrogens (tertiary/aromatic N) is 3. The standard InChI is InChI=1S/C48H52F4N8O10/c1-27-25-59(26-28(2)58(27)3)38-10-8-29(22-37(38)56-44(64)33-24-55-41(62)23-34(33)48(50,51)52)31-9-7-30(21-35(31)49)43(63)54-14-16-69-18-20-70-19-17-68-15-13-53-36-6-4-5-32-42(36)47(67)60(46(32)66)39-11-12-40(61)57-45(39)65/h4-10,21-24,27-28,39,53H,11-20,25-26H2,1-3H3,(H,54,63)(H,55,62)(H,56,64)(H,57,61,65)/t27-,28?,39?/m0/s1. The first-order chi connectivity index (χ1) is 33.4. The molecular formula is C48H52F4N8O10. The molecule has 4 heterocycles. The number of hydrogen-bond donors (Lipinski definition) is 5. The monoisotopic (exact) mass is 976 g/mol. The highest BCUT2D eigenvalue weighted by Gasteiger charge is 2.45. The molecule has 0 spiro atoms. The molecule has 5 N–H and O–H groups in total. The Morgan fingerprint density at radius 2 is 1.47 bits per heavy atom. The van der Waals surface area contributed by atoms with Gasteiger partial charge in [-0.2, -0.15) is 13.2 Å². The Morgan fingerprint density at radius 3 is 2.14 bits per heavy atom. The summed E-state index contributed by atoms with van der Waals surface area (Å²) in [4.78, 5) is 95.6. The van der Waals surface area contributed by atoms with Gasteiger partial charge >= 0.3 is 6.18 Å². The molecule has 372 valence electrons. The van der Waals surface area contributed by atoms with E-state index in [-0.39, 0.29) is 105 Å². The van der Waals surface area contributed by atoms with E-state index in [1.54, 1.807) is 24.3 Å². The van der Waals surface area contributed by atoms with Crippen LogP contribution >= 0.6 is 0 Å². The number of aromatic amines is 1. The Morgan fingerprint density at radius 1 is 0.786 bits per heavy atom. The van der Waals surface area contributed by atoms with Crippen molar-refractivity contribution >= 4 is 52.5 Å². The second kappa shape index (κ2) is 22.2. The Kier molecular flexibility index (Phi) is 16.1. The van der Waals surface area contributed by atoms with Crippen LogP contribution in [0.2, 0.25) is 0 Å². The predicted molar refractivity (Wildman–Crippen MR) is 247 cm³/mol. The molecule has 70 heavy (non-hydrogen) atoms. The van der Waals surface area contributed by atoms with E-state index in [0.717, 1.165) is 11.0 Å². The number of piperazine rings is 1. The average molecular weight is 977 g/mol. The van der Waals surface area contributed by atoms with E-state index < -0.39 is 70.2 Å². The van der Waals surface area contributed by atoms with Crippen LogP contribution in [0.25, 0.3) is 11.1 Å². The highest BCUT2D eigenvalue weighted by Crippen LogP contribution is 2.37. The van der Waals surface area contributed by atoms with E-state index in [9.17, 15) is 46.7 Å². The number of nitrogens with one attached hydrogen (secondary N) is 5. The Hall–Kier alpha value is -7.01. The maximum atomic E-state index is 15.7. The van der Waals surface area contributed by atoms with Crippen LogP contribution in [0.4, 0.5) is 34.6 Å². The lowest BCUT2D eigenvalue weighted by Gasteiger charge is -2.44. The van der Waals surface area contributed by atoms with Crippen molar-refractivity contribution in [2.75, 3.05) is 88.4 Å². The van der Waals surface area contributed by atoms with Crippen LogP contribution in [0.15, 0.2) is 71.7 Å². The number of carbonyl (C=O) groups is 6. The Balaban J connectivity index is 0.839. The average Bonchev–Trinajstić information content (AvgIpc) is 3.57. The third-order valence-electron chi connectivity index (χ3n) is 12.3. The van der Waals surface area contributed by atoms with Gasteiger partial charge in [0, 0.05) is 73.8 Å². The lowest BCUT2D eigenvalue weighted by molar-refractivity contribution is -0.138. The van der Waals surface area contributed by atoms with E-state index in [0.29, 0.717) is 43.3 Å². The fourth-order valence-electron chi connectivity index (χ4n) is 8.46. The molecule has 22 heteroatoms. The smallest absolute Gasteiger partial charge is 0.382 e. The normalized spacial score (nSPS) is 18.5. The maximum Gasteiger partial charge on any atom is 0.417 e. The zero-order valence-electron chi connectivity index (χ0n) is 38.5. The molecule has 1 aromatic heterocycles. The number of carbonyl (C=O) groups excluding carboxylic acids is 6. The number of anilines is 3. The number of benzene rings is 3. The minimum atomic E-state index is -4.99. The van der Waals surface area contributed by atoms with Crippen LogP contribution in [0.3, 0.4) is 0 Å². The van der Waals surface area contributed by atoms with Gasteiger partial charge in [-0.3, -0.25) is 48.7 Å². The summed E-state index contributed by atoms with van der Waals surface area (Å²) in [5.41, 5.74) is -1.51. The third-order valence-corrected chi connectivity index (χ3v) is 12.3. The summed E-state index contributed by atoms with van der Waals surface area (Å²) in [5, 5.41) is 10.5. The lowest BCUT2D eigenvalue weighted by Crippen LogP contribution is -2.55. The number of alkyl halides is 3. The Labute approximate surface area is 399 Å².